The number of hydrogen-bond acceptors (Lipinski definition) is 13. The van der Waals surface area contributed by atoms with Crippen LogP contribution in [0.1, 0.15) is 97.8 Å². The highest BCUT2D eigenvalue weighted by molar-refractivity contribution is 4.49. The summed E-state index contributed by atoms with van der Waals surface area (Å²) in [6.07, 6.45) is 16.0. The number of ether oxygens (including phenoxy) is 13. The third-order valence-electron chi connectivity index (χ3n) is 8.46. The summed E-state index contributed by atoms with van der Waals surface area (Å²) in [6, 6.07) is 0. The van der Waals surface area contributed by atoms with Gasteiger partial charge in [0, 0.05) is 13.2 Å². The lowest BCUT2D eigenvalue weighted by Crippen LogP contribution is -2.15. The topological polar surface area (TPSA) is 120 Å². The molecular formula is C42H86O13. The van der Waals surface area contributed by atoms with Crippen molar-refractivity contribution in [2.24, 2.45) is 5.92 Å². The Kier molecular flexibility index (Phi) is 51.0. The van der Waals surface area contributed by atoms with Gasteiger partial charge < -0.3 is 61.6 Å². The smallest absolute Gasteiger partial charge is 0.0701 e. The maximum atomic E-state index is 5.67. The quantitative estimate of drug-likeness (QED) is 0.0619. The van der Waals surface area contributed by atoms with Gasteiger partial charge in [0.25, 0.3) is 0 Å². The minimum Gasteiger partial charge on any atom is -0.379 e. The Balaban J connectivity index is 3.06. The summed E-state index contributed by atoms with van der Waals surface area (Å²) in [5.74, 6) is 0.597. The van der Waals surface area contributed by atoms with Gasteiger partial charge in [0.15, 0.2) is 0 Å². The van der Waals surface area contributed by atoms with E-state index in [1.165, 1.54) is 64.2 Å². The Morgan fingerprint density at radius 2 is 0.436 bits per heavy atom. The molecule has 1 unspecified atom stereocenters. The van der Waals surface area contributed by atoms with Gasteiger partial charge >= 0.3 is 0 Å². The molecule has 0 aromatic rings. The Morgan fingerprint density at radius 1 is 0.236 bits per heavy atom. The third-order valence-corrected chi connectivity index (χ3v) is 8.46. The summed E-state index contributed by atoms with van der Waals surface area (Å²) in [5, 5.41) is 0. The highest BCUT2D eigenvalue weighted by Gasteiger charge is 2.00. The molecule has 0 amide bonds. The van der Waals surface area contributed by atoms with E-state index in [1.54, 1.807) is 0 Å². The molecule has 0 aromatic carbocycles. The average molecular weight is 799 g/mol. The van der Waals surface area contributed by atoms with Crippen LogP contribution in [0.25, 0.3) is 0 Å². The summed E-state index contributed by atoms with van der Waals surface area (Å²) in [5.41, 5.74) is 0. The summed E-state index contributed by atoms with van der Waals surface area (Å²) in [4.78, 5) is 0. The molecular weight excluding hydrogens is 712 g/mol. The zero-order valence-corrected chi connectivity index (χ0v) is 35.8. The van der Waals surface area contributed by atoms with Gasteiger partial charge in [-0.1, -0.05) is 91.4 Å². The van der Waals surface area contributed by atoms with Crippen LogP contribution in [0, 0.1) is 5.92 Å². The largest absolute Gasteiger partial charge is 0.379 e. The van der Waals surface area contributed by atoms with Crippen molar-refractivity contribution in [3.8, 4) is 0 Å². The first-order chi connectivity index (χ1) is 27.3. The van der Waals surface area contributed by atoms with Crippen molar-refractivity contribution in [1.29, 1.82) is 0 Å². The average Bonchev–Trinajstić information content (AvgIpc) is 3.20. The summed E-state index contributed by atoms with van der Waals surface area (Å²) < 4.78 is 71.9. The number of unbranched alkanes of at least 4 members (excludes halogenated alkanes) is 10. The van der Waals surface area contributed by atoms with E-state index in [2.05, 4.69) is 20.8 Å². The van der Waals surface area contributed by atoms with Crippen LogP contribution in [0.15, 0.2) is 0 Å². The lowest BCUT2D eigenvalue weighted by Gasteiger charge is -2.10. The second-order valence-corrected chi connectivity index (χ2v) is 13.5. The van der Waals surface area contributed by atoms with Crippen LogP contribution in [-0.2, 0) is 61.6 Å². The molecule has 0 spiro atoms. The van der Waals surface area contributed by atoms with E-state index in [1.807, 2.05) is 0 Å². The first-order valence-electron chi connectivity index (χ1n) is 21.8. The first kappa shape index (κ1) is 54.5. The molecule has 0 saturated heterocycles. The van der Waals surface area contributed by atoms with Crippen LogP contribution < -0.4 is 0 Å². The molecule has 0 fully saturated rings. The van der Waals surface area contributed by atoms with Crippen molar-refractivity contribution in [3.63, 3.8) is 0 Å². The van der Waals surface area contributed by atoms with Gasteiger partial charge in [-0.15, -0.1) is 0 Å². The molecule has 0 radical (unpaired) electrons. The zero-order valence-electron chi connectivity index (χ0n) is 35.8. The van der Waals surface area contributed by atoms with Gasteiger partial charge in [0.2, 0.25) is 0 Å². The lowest BCUT2D eigenvalue weighted by atomic mass is 10.1. The van der Waals surface area contributed by atoms with E-state index < -0.39 is 0 Å². The van der Waals surface area contributed by atoms with Crippen LogP contribution in [0.3, 0.4) is 0 Å². The van der Waals surface area contributed by atoms with Gasteiger partial charge in [0.1, 0.15) is 0 Å². The standard InChI is InChI=1S/C42H86O13/c1-4-6-7-8-9-10-11-12-13-14-15-16-43-17-18-44-19-20-45-21-22-46-23-24-47-25-26-48-27-28-49-29-30-50-31-32-51-33-34-52-35-36-53-37-38-54-39-40-55-41-42(3)5-2/h42H,4-41H2,1-3H3. The SMILES string of the molecule is CCCCCCCCCCCCCOCCOCCOCCOCCOCCOCCOCCOCCOCCOCCOCCOCCOCC(C)CC. The van der Waals surface area contributed by atoms with Crippen LogP contribution in [0.5, 0.6) is 0 Å². The van der Waals surface area contributed by atoms with E-state index in [9.17, 15) is 0 Å². The van der Waals surface area contributed by atoms with E-state index in [4.69, 9.17) is 61.6 Å². The molecule has 0 bridgehead atoms. The Hall–Kier alpha value is -0.520. The summed E-state index contributed by atoms with van der Waals surface area (Å²) in [6.45, 7) is 21.4. The Labute approximate surface area is 336 Å². The minimum absolute atomic E-state index is 0.516. The van der Waals surface area contributed by atoms with E-state index in [-0.39, 0.29) is 0 Å². The van der Waals surface area contributed by atoms with E-state index in [0.29, 0.717) is 164 Å². The Bertz CT molecular complexity index is 665. The second-order valence-electron chi connectivity index (χ2n) is 13.5. The van der Waals surface area contributed by atoms with Crippen molar-refractivity contribution >= 4 is 0 Å². The monoisotopic (exact) mass is 799 g/mol. The lowest BCUT2D eigenvalue weighted by molar-refractivity contribution is -0.0292. The fourth-order valence-corrected chi connectivity index (χ4v) is 4.91. The van der Waals surface area contributed by atoms with E-state index >= 15 is 0 Å². The van der Waals surface area contributed by atoms with Crippen molar-refractivity contribution in [2.75, 3.05) is 172 Å². The fraction of sp³-hybridized carbons (Fsp3) is 1.00. The number of rotatable bonds is 51. The molecule has 332 valence electrons. The molecule has 0 aliphatic carbocycles. The molecule has 55 heavy (non-hydrogen) atoms. The Morgan fingerprint density at radius 3 is 0.673 bits per heavy atom. The molecule has 0 aliphatic rings. The van der Waals surface area contributed by atoms with Crippen LogP contribution in [0.4, 0.5) is 0 Å². The van der Waals surface area contributed by atoms with Crippen molar-refractivity contribution in [3.05, 3.63) is 0 Å². The first-order valence-corrected chi connectivity index (χ1v) is 21.8. The molecule has 0 aromatic heterocycles. The van der Waals surface area contributed by atoms with Crippen LogP contribution >= 0.6 is 0 Å². The van der Waals surface area contributed by atoms with Gasteiger partial charge in [0.05, 0.1) is 159 Å². The molecule has 0 N–H and O–H groups in total. The van der Waals surface area contributed by atoms with Gasteiger partial charge in [-0.05, 0) is 12.3 Å². The maximum Gasteiger partial charge on any atom is 0.0701 e. The normalized spacial score (nSPS) is 12.3. The van der Waals surface area contributed by atoms with Crippen molar-refractivity contribution in [2.45, 2.75) is 97.8 Å². The molecule has 0 aliphatic heterocycles. The minimum atomic E-state index is 0.516. The molecule has 13 nitrogen and oxygen atoms in total. The maximum absolute atomic E-state index is 5.67. The molecule has 1 atom stereocenters. The number of hydrogen-bond donors (Lipinski definition) is 0. The third kappa shape index (κ3) is 51.5. The second kappa shape index (κ2) is 51.5. The van der Waals surface area contributed by atoms with Crippen molar-refractivity contribution < 1.29 is 61.6 Å². The van der Waals surface area contributed by atoms with Crippen molar-refractivity contribution in [1.82, 2.24) is 0 Å². The molecule has 13 heteroatoms. The summed E-state index contributed by atoms with van der Waals surface area (Å²) >= 11 is 0. The van der Waals surface area contributed by atoms with Crippen LogP contribution in [0.2, 0.25) is 0 Å². The van der Waals surface area contributed by atoms with E-state index in [0.717, 1.165) is 26.1 Å². The zero-order chi connectivity index (χ0) is 39.6. The predicted octanol–water partition coefficient (Wildman–Crippen LogP) is 6.56. The van der Waals surface area contributed by atoms with Gasteiger partial charge in [-0.3, -0.25) is 0 Å². The van der Waals surface area contributed by atoms with Gasteiger partial charge in [-0.25, -0.2) is 0 Å². The summed E-state index contributed by atoms with van der Waals surface area (Å²) in [7, 11) is 0. The molecule has 0 heterocycles. The van der Waals surface area contributed by atoms with Crippen LogP contribution in [-0.4, -0.2) is 172 Å². The highest BCUT2D eigenvalue weighted by Crippen LogP contribution is 2.11. The molecule has 0 rings (SSSR count). The molecule has 0 saturated carbocycles. The predicted molar refractivity (Wildman–Crippen MR) is 217 cm³/mol. The fourth-order valence-electron chi connectivity index (χ4n) is 4.91. The van der Waals surface area contributed by atoms with Gasteiger partial charge in [-0.2, -0.15) is 0 Å². The highest BCUT2D eigenvalue weighted by atomic mass is 16.6.